The predicted octanol–water partition coefficient (Wildman–Crippen LogP) is 3.35. The van der Waals surface area contributed by atoms with E-state index in [9.17, 15) is 9.59 Å². The second-order valence-electron chi connectivity index (χ2n) is 6.04. The highest BCUT2D eigenvalue weighted by molar-refractivity contribution is 6.15. The summed E-state index contributed by atoms with van der Waals surface area (Å²) in [5.74, 6) is -0.553. The van der Waals surface area contributed by atoms with Crippen LogP contribution < -0.4 is 5.56 Å². The average Bonchev–Trinajstić information content (AvgIpc) is 3.03. The van der Waals surface area contributed by atoms with Crippen molar-refractivity contribution < 1.29 is 9.53 Å². The van der Waals surface area contributed by atoms with Crippen molar-refractivity contribution >= 4 is 27.8 Å². The van der Waals surface area contributed by atoms with E-state index in [1.165, 1.54) is 4.68 Å². The Bertz CT molecular complexity index is 1190. The van der Waals surface area contributed by atoms with Crippen LogP contribution in [0.5, 0.6) is 0 Å². The zero-order chi connectivity index (χ0) is 18.3. The molecule has 4 aromatic rings. The second-order valence-corrected chi connectivity index (χ2v) is 6.04. The third-order valence-corrected chi connectivity index (χ3v) is 4.30. The fourth-order valence-electron chi connectivity index (χ4n) is 3.05. The van der Waals surface area contributed by atoms with Crippen LogP contribution in [0.1, 0.15) is 23.0 Å². The van der Waals surface area contributed by atoms with Gasteiger partial charge in [-0.3, -0.25) is 4.79 Å². The third-order valence-electron chi connectivity index (χ3n) is 4.30. The molecule has 0 aliphatic rings. The first-order chi connectivity index (χ1) is 12.6. The molecule has 2 heterocycles. The topological polar surface area (TPSA) is 77.0 Å². The molecule has 2 aromatic heterocycles. The molecule has 0 saturated carbocycles. The van der Waals surface area contributed by atoms with Crippen LogP contribution >= 0.6 is 0 Å². The van der Waals surface area contributed by atoms with Crippen LogP contribution in [0.25, 0.3) is 27.5 Å². The van der Waals surface area contributed by atoms with Crippen LogP contribution in [-0.2, 0) is 4.74 Å². The van der Waals surface area contributed by atoms with E-state index in [1.54, 1.807) is 19.1 Å². The van der Waals surface area contributed by atoms with Crippen molar-refractivity contribution in [1.29, 1.82) is 0 Å². The van der Waals surface area contributed by atoms with Gasteiger partial charge in [-0.05, 0) is 32.0 Å². The van der Waals surface area contributed by atoms with Gasteiger partial charge in [0.25, 0.3) is 5.56 Å². The summed E-state index contributed by atoms with van der Waals surface area (Å²) in [6.07, 6.45) is 0. The lowest BCUT2D eigenvalue weighted by Crippen LogP contribution is -2.25. The number of esters is 1. The molecule has 2 aromatic carbocycles. The minimum atomic E-state index is -0.553. The molecular weight excluding hydrogens is 330 g/mol. The molecule has 0 amide bonds. The van der Waals surface area contributed by atoms with Crippen molar-refractivity contribution in [2.24, 2.45) is 0 Å². The highest BCUT2D eigenvalue weighted by Crippen LogP contribution is 2.26. The number of ether oxygens (including phenoxy) is 1. The van der Waals surface area contributed by atoms with Gasteiger partial charge in [0, 0.05) is 16.3 Å². The molecule has 130 valence electrons. The van der Waals surface area contributed by atoms with Crippen LogP contribution in [0.3, 0.4) is 0 Å². The van der Waals surface area contributed by atoms with Crippen molar-refractivity contribution in [2.75, 3.05) is 6.61 Å². The molecule has 6 nitrogen and oxygen atoms in total. The molecule has 26 heavy (non-hydrogen) atoms. The molecule has 6 heteroatoms. The number of aromatic nitrogens is 3. The van der Waals surface area contributed by atoms with Gasteiger partial charge in [-0.1, -0.05) is 35.9 Å². The Morgan fingerprint density at radius 3 is 2.62 bits per heavy atom. The molecule has 0 spiro atoms. The fourth-order valence-corrected chi connectivity index (χ4v) is 3.05. The van der Waals surface area contributed by atoms with Gasteiger partial charge in [-0.2, -0.15) is 9.78 Å². The van der Waals surface area contributed by atoms with Gasteiger partial charge >= 0.3 is 5.97 Å². The molecule has 0 unspecified atom stereocenters. The van der Waals surface area contributed by atoms with Crippen LogP contribution in [0.15, 0.2) is 53.3 Å². The van der Waals surface area contributed by atoms with E-state index in [0.717, 1.165) is 16.5 Å². The van der Waals surface area contributed by atoms with E-state index in [0.29, 0.717) is 16.6 Å². The lowest BCUT2D eigenvalue weighted by atomic mass is 10.1. The molecule has 0 atom stereocenters. The number of carbonyl (C=O) groups is 1. The predicted molar refractivity (Wildman–Crippen MR) is 99.9 cm³/mol. The van der Waals surface area contributed by atoms with E-state index < -0.39 is 5.97 Å². The van der Waals surface area contributed by atoms with E-state index >= 15 is 0 Å². The third kappa shape index (κ3) is 2.47. The Kier molecular flexibility index (Phi) is 3.80. The van der Waals surface area contributed by atoms with E-state index in [2.05, 4.69) is 10.1 Å². The van der Waals surface area contributed by atoms with Gasteiger partial charge in [0.2, 0.25) is 0 Å². The number of hydrogen-bond donors (Lipinski definition) is 1. The lowest BCUT2D eigenvalue weighted by Gasteiger charge is -2.09. The summed E-state index contributed by atoms with van der Waals surface area (Å²) in [6, 6.07) is 14.8. The maximum Gasteiger partial charge on any atom is 0.359 e. The molecular formula is C20H17N3O3. The molecule has 0 radical (unpaired) electrons. The summed E-state index contributed by atoms with van der Waals surface area (Å²) in [7, 11) is 0. The number of nitrogens with zero attached hydrogens (tertiary/aromatic N) is 2. The van der Waals surface area contributed by atoms with Crippen molar-refractivity contribution in [2.45, 2.75) is 13.8 Å². The summed E-state index contributed by atoms with van der Waals surface area (Å²) in [6.45, 7) is 3.93. The van der Waals surface area contributed by atoms with E-state index in [1.807, 2.05) is 43.3 Å². The number of aryl methyl sites for hydroxylation is 1. The largest absolute Gasteiger partial charge is 0.461 e. The summed E-state index contributed by atoms with van der Waals surface area (Å²) in [5.41, 5.74) is 2.58. The number of hydrogen-bond acceptors (Lipinski definition) is 4. The molecule has 0 aliphatic carbocycles. The van der Waals surface area contributed by atoms with Gasteiger partial charge in [0.05, 0.1) is 12.3 Å². The summed E-state index contributed by atoms with van der Waals surface area (Å²) < 4.78 is 6.41. The number of aromatic amines is 1. The number of H-pyrrole nitrogens is 1. The van der Waals surface area contributed by atoms with Crippen LogP contribution in [-0.4, -0.2) is 27.3 Å². The Hall–Kier alpha value is -3.41. The zero-order valence-electron chi connectivity index (χ0n) is 14.4. The summed E-state index contributed by atoms with van der Waals surface area (Å²) in [5, 5.41) is 5.61. The molecule has 1 N–H and O–H groups in total. The van der Waals surface area contributed by atoms with Crippen LogP contribution in [0.2, 0.25) is 0 Å². The average molecular weight is 347 g/mol. The molecule has 0 saturated heterocycles. The highest BCUT2D eigenvalue weighted by Gasteiger charge is 2.22. The number of para-hydroxylation sites is 1. The summed E-state index contributed by atoms with van der Waals surface area (Å²) >= 11 is 0. The molecule has 4 rings (SSSR count). The number of nitrogens with one attached hydrogen (secondary N) is 1. The lowest BCUT2D eigenvalue weighted by molar-refractivity contribution is 0.0520. The standard InChI is InChI=1S/C20H17N3O3/c1-3-26-20(25)18-16-14-6-4-5-7-15(14)21-17(16)19(24)23(22-18)13-10-8-12(2)9-11-13/h4-11,21H,3H2,1-2H3. The normalized spacial score (nSPS) is 11.2. The Morgan fingerprint density at radius 2 is 1.88 bits per heavy atom. The Labute approximate surface area is 149 Å². The van der Waals surface area contributed by atoms with Crippen molar-refractivity contribution in [1.82, 2.24) is 14.8 Å². The SMILES string of the molecule is CCOC(=O)c1nn(-c2ccc(C)cc2)c(=O)c2[nH]c3ccccc3c12. The second kappa shape index (κ2) is 6.15. The highest BCUT2D eigenvalue weighted by atomic mass is 16.5. The van der Waals surface area contributed by atoms with Crippen LogP contribution in [0, 0.1) is 6.92 Å². The number of fused-ring (bicyclic) bond motifs is 3. The first-order valence-electron chi connectivity index (χ1n) is 8.38. The van der Waals surface area contributed by atoms with Gasteiger partial charge in [0.15, 0.2) is 5.69 Å². The minimum Gasteiger partial charge on any atom is -0.461 e. The summed E-state index contributed by atoms with van der Waals surface area (Å²) in [4.78, 5) is 28.7. The Balaban J connectivity index is 2.10. The van der Waals surface area contributed by atoms with E-state index in [4.69, 9.17) is 4.74 Å². The van der Waals surface area contributed by atoms with Gasteiger partial charge in [0.1, 0.15) is 5.52 Å². The number of rotatable bonds is 3. The maximum atomic E-state index is 13.0. The first kappa shape index (κ1) is 16.1. The minimum absolute atomic E-state index is 0.125. The molecule has 0 fully saturated rings. The van der Waals surface area contributed by atoms with Crippen molar-refractivity contribution in [3.8, 4) is 5.69 Å². The van der Waals surface area contributed by atoms with Crippen molar-refractivity contribution in [3.63, 3.8) is 0 Å². The van der Waals surface area contributed by atoms with Gasteiger partial charge in [-0.15, -0.1) is 0 Å². The van der Waals surface area contributed by atoms with E-state index in [-0.39, 0.29) is 17.9 Å². The fraction of sp³-hybridized carbons (Fsp3) is 0.150. The van der Waals surface area contributed by atoms with Gasteiger partial charge < -0.3 is 9.72 Å². The quantitative estimate of drug-likeness (QED) is 0.577. The molecule has 0 bridgehead atoms. The monoisotopic (exact) mass is 347 g/mol. The first-order valence-corrected chi connectivity index (χ1v) is 8.38. The van der Waals surface area contributed by atoms with Gasteiger partial charge in [-0.25, -0.2) is 4.79 Å². The maximum absolute atomic E-state index is 13.0. The molecule has 0 aliphatic heterocycles. The number of benzene rings is 2. The number of carbonyl (C=O) groups excluding carboxylic acids is 1. The smallest absolute Gasteiger partial charge is 0.359 e. The Morgan fingerprint density at radius 1 is 1.15 bits per heavy atom. The van der Waals surface area contributed by atoms with Crippen molar-refractivity contribution in [3.05, 3.63) is 70.1 Å². The van der Waals surface area contributed by atoms with Crippen LogP contribution in [0.4, 0.5) is 0 Å². The zero-order valence-corrected chi connectivity index (χ0v) is 14.4.